The Hall–Kier alpha value is -1.78. The van der Waals surface area contributed by atoms with E-state index >= 15 is 0 Å². The van der Waals surface area contributed by atoms with Crippen LogP contribution in [-0.4, -0.2) is 81.5 Å². The van der Waals surface area contributed by atoms with Crippen molar-refractivity contribution in [2.24, 2.45) is 17.8 Å². The number of alkyl halides is 2. The molecule has 10 nitrogen and oxygen atoms in total. The van der Waals surface area contributed by atoms with Crippen molar-refractivity contribution in [2.45, 2.75) is 158 Å². The number of halogens is 2. The fourth-order valence-electron chi connectivity index (χ4n) is 7.65. The Morgan fingerprint density at radius 3 is 2.02 bits per heavy atom. The van der Waals surface area contributed by atoms with Gasteiger partial charge >= 0.3 is 12.2 Å². The molecule has 0 aromatic heterocycles. The summed E-state index contributed by atoms with van der Waals surface area (Å²) in [5.74, 6) is 0.641. The molecule has 1 aliphatic heterocycles. The first kappa shape index (κ1) is 36.1. The highest BCUT2D eigenvalue weighted by Crippen LogP contribution is 2.44. The van der Waals surface area contributed by atoms with Crippen molar-refractivity contribution in [1.29, 1.82) is 5.41 Å². The predicted molar refractivity (Wildman–Crippen MR) is 177 cm³/mol. The van der Waals surface area contributed by atoms with Gasteiger partial charge in [0.05, 0.1) is 16.8 Å². The van der Waals surface area contributed by atoms with Crippen LogP contribution in [-0.2, 0) is 14.3 Å². The molecule has 0 aromatic rings. The third-order valence-corrected chi connectivity index (χ3v) is 11.0. The van der Waals surface area contributed by atoms with E-state index in [0.717, 1.165) is 64.2 Å². The van der Waals surface area contributed by atoms with Gasteiger partial charge in [-0.25, -0.2) is 9.59 Å². The third kappa shape index (κ3) is 10.4. The number of amides is 3. The summed E-state index contributed by atoms with van der Waals surface area (Å²) in [5.41, 5.74) is -1.18. The Kier molecular flexibility index (Phi) is 12.0. The van der Waals surface area contributed by atoms with Crippen molar-refractivity contribution < 1.29 is 23.9 Å². The van der Waals surface area contributed by atoms with E-state index in [1.54, 1.807) is 20.8 Å². The Balaban J connectivity index is 1.39. The molecule has 0 bridgehead atoms. The molecule has 1 heterocycles. The quantitative estimate of drug-likeness (QED) is 0.149. The second-order valence-electron chi connectivity index (χ2n) is 15.7. The van der Waals surface area contributed by atoms with Crippen LogP contribution in [0.5, 0.6) is 0 Å². The zero-order valence-electron chi connectivity index (χ0n) is 27.9. The van der Waals surface area contributed by atoms with Gasteiger partial charge in [0.25, 0.3) is 0 Å². The second-order valence-corrected chi connectivity index (χ2v) is 16.7. The number of likely N-dealkylation sites (tertiary alicyclic amines) is 1. The van der Waals surface area contributed by atoms with Crippen molar-refractivity contribution in [3.05, 3.63) is 0 Å². The van der Waals surface area contributed by atoms with Gasteiger partial charge in [-0.05, 0) is 118 Å². The molecule has 45 heavy (non-hydrogen) atoms. The summed E-state index contributed by atoms with van der Waals surface area (Å²) >= 11 is 13.5. The second kappa shape index (κ2) is 15.0. The average molecular weight is 673 g/mol. The summed E-state index contributed by atoms with van der Waals surface area (Å²) in [6.07, 6.45) is 8.22. The summed E-state index contributed by atoms with van der Waals surface area (Å²) in [4.78, 5) is 40.9. The minimum atomic E-state index is -0.642. The highest BCUT2D eigenvalue weighted by Gasteiger charge is 2.49. The summed E-state index contributed by atoms with van der Waals surface area (Å²) < 4.78 is 10.8. The minimum Gasteiger partial charge on any atom is -0.444 e. The molecule has 256 valence electrons. The van der Waals surface area contributed by atoms with E-state index in [1.165, 1.54) is 0 Å². The molecule has 0 spiro atoms. The molecular weight excluding hydrogens is 617 g/mol. The van der Waals surface area contributed by atoms with E-state index in [1.807, 2.05) is 20.8 Å². The van der Waals surface area contributed by atoms with Crippen LogP contribution in [0.2, 0.25) is 0 Å². The van der Waals surface area contributed by atoms with Gasteiger partial charge in [0.2, 0.25) is 5.91 Å². The maximum atomic E-state index is 13.9. The van der Waals surface area contributed by atoms with E-state index in [4.69, 9.17) is 38.1 Å². The Morgan fingerprint density at radius 1 is 0.800 bits per heavy atom. The van der Waals surface area contributed by atoms with Crippen LogP contribution in [0, 0.1) is 23.2 Å². The average Bonchev–Trinajstić information content (AvgIpc) is 3.28. The first-order valence-corrected chi connectivity index (χ1v) is 17.8. The van der Waals surface area contributed by atoms with Crippen LogP contribution in [0.1, 0.15) is 112 Å². The van der Waals surface area contributed by atoms with Gasteiger partial charge in [-0.3, -0.25) is 20.4 Å². The normalized spacial score (nSPS) is 34.3. The molecule has 4 N–H and O–H groups in total. The molecule has 1 saturated heterocycles. The summed E-state index contributed by atoms with van der Waals surface area (Å²) in [7, 11) is 0. The SMILES string of the molecule is CC(C)(C)OC(=O)NC(=N)C1CCC2CC(C(=O)NC3CCC(NC(=O)OC(C)(C)C)CC3)N(CC3CCCC(Cl)C3Cl)C2C1. The topological polar surface area (TPSA) is 133 Å². The Morgan fingerprint density at radius 2 is 1.40 bits per heavy atom. The highest BCUT2D eigenvalue weighted by molar-refractivity contribution is 6.30. The van der Waals surface area contributed by atoms with E-state index in [9.17, 15) is 14.4 Å². The zero-order chi connectivity index (χ0) is 33.1. The first-order chi connectivity index (χ1) is 21.0. The van der Waals surface area contributed by atoms with Crippen LogP contribution in [0.15, 0.2) is 0 Å². The van der Waals surface area contributed by atoms with E-state index in [0.29, 0.717) is 18.9 Å². The lowest BCUT2D eigenvalue weighted by molar-refractivity contribution is -0.127. The Labute approximate surface area is 279 Å². The number of nitrogens with one attached hydrogen (secondary N) is 4. The van der Waals surface area contributed by atoms with Crippen molar-refractivity contribution in [3.8, 4) is 0 Å². The number of carbonyl (C=O) groups excluding carboxylic acids is 3. The monoisotopic (exact) mass is 671 g/mol. The van der Waals surface area contributed by atoms with Gasteiger partial charge in [0.15, 0.2) is 0 Å². The van der Waals surface area contributed by atoms with Crippen molar-refractivity contribution in [3.63, 3.8) is 0 Å². The molecule has 4 aliphatic rings. The number of rotatable bonds is 6. The maximum Gasteiger partial charge on any atom is 0.413 e. The molecule has 4 fully saturated rings. The fraction of sp³-hybridized carbons (Fsp3) is 0.879. The van der Waals surface area contributed by atoms with Gasteiger partial charge < -0.3 is 20.1 Å². The smallest absolute Gasteiger partial charge is 0.413 e. The molecule has 3 aliphatic carbocycles. The Bertz CT molecular complexity index is 1070. The van der Waals surface area contributed by atoms with Crippen LogP contribution in [0.3, 0.4) is 0 Å². The van der Waals surface area contributed by atoms with Crippen molar-refractivity contribution >= 4 is 47.1 Å². The number of nitrogens with zero attached hydrogens (tertiary/aromatic N) is 1. The van der Waals surface area contributed by atoms with Crippen LogP contribution >= 0.6 is 23.2 Å². The number of ether oxygens (including phenoxy) is 2. The van der Waals surface area contributed by atoms with Gasteiger partial charge in [0, 0.05) is 30.6 Å². The number of alkyl carbamates (subject to hydrolysis) is 2. The summed E-state index contributed by atoms with van der Waals surface area (Å²) in [6.45, 7) is 11.7. The van der Waals surface area contributed by atoms with Gasteiger partial charge in [-0.1, -0.05) is 6.42 Å². The summed E-state index contributed by atoms with van der Waals surface area (Å²) in [5, 5.41) is 17.4. The minimum absolute atomic E-state index is 0.0378. The molecule has 4 rings (SSSR count). The van der Waals surface area contributed by atoms with E-state index in [2.05, 4.69) is 20.9 Å². The zero-order valence-corrected chi connectivity index (χ0v) is 29.4. The largest absolute Gasteiger partial charge is 0.444 e. The number of carbonyl (C=O) groups is 3. The van der Waals surface area contributed by atoms with Crippen LogP contribution < -0.4 is 16.0 Å². The standard InChI is InChI=1S/C33H55Cl2N5O5/c1-32(2,3)44-30(42)38-23-14-12-22(13-15-23)37-29(41)26-16-19-10-11-20(28(36)39-31(43)45-33(4,5)6)17-25(19)40(26)18-21-8-7-9-24(34)27(21)35/h19-27H,7-18H2,1-6H3,(H,37,41)(H,38,42)(H2,36,39,43). The molecule has 3 saturated carbocycles. The van der Waals surface area contributed by atoms with E-state index in [-0.39, 0.29) is 58.5 Å². The maximum absolute atomic E-state index is 13.9. The number of fused-ring (bicyclic) bond motifs is 1. The van der Waals surface area contributed by atoms with Crippen LogP contribution in [0.4, 0.5) is 9.59 Å². The highest BCUT2D eigenvalue weighted by atomic mass is 35.5. The third-order valence-electron chi connectivity index (χ3n) is 9.75. The van der Waals surface area contributed by atoms with Crippen molar-refractivity contribution in [2.75, 3.05) is 6.54 Å². The lowest BCUT2D eigenvalue weighted by atomic mass is 9.77. The molecule has 7 atom stereocenters. The molecule has 7 unspecified atom stereocenters. The van der Waals surface area contributed by atoms with Gasteiger partial charge in [-0.2, -0.15) is 0 Å². The fourth-order valence-corrected chi connectivity index (χ4v) is 8.34. The number of hydrogen-bond donors (Lipinski definition) is 4. The lowest BCUT2D eigenvalue weighted by Gasteiger charge is -2.41. The van der Waals surface area contributed by atoms with E-state index < -0.39 is 23.4 Å². The summed E-state index contributed by atoms with van der Waals surface area (Å²) in [6, 6.07) is -0.0614. The number of hydrogen-bond acceptors (Lipinski definition) is 7. The van der Waals surface area contributed by atoms with Crippen molar-refractivity contribution in [1.82, 2.24) is 20.9 Å². The first-order valence-electron chi connectivity index (χ1n) is 16.9. The van der Waals surface area contributed by atoms with Gasteiger partial charge in [-0.15, -0.1) is 23.2 Å². The molecule has 12 heteroatoms. The van der Waals surface area contributed by atoms with Gasteiger partial charge in [0.1, 0.15) is 17.0 Å². The lowest BCUT2D eigenvalue weighted by Crippen LogP contribution is -2.53. The molecular formula is C33H55Cl2N5O5. The molecule has 0 radical (unpaired) electrons. The molecule has 0 aromatic carbocycles. The predicted octanol–water partition coefficient (Wildman–Crippen LogP) is 6.31. The number of amidine groups is 1. The van der Waals surface area contributed by atoms with Crippen LogP contribution in [0.25, 0.3) is 0 Å². The molecule has 3 amide bonds.